The monoisotopic (exact) mass is 424 g/mol. The number of ether oxygens (including phenoxy) is 2. The van der Waals surface area contributed by atoms with Gasteiger partial charge in [0.15, 0.2) is 29.1 Å². The van der Waals surface area contributed by atoms with Crippen molar-refractivity contribution >= 4 is 34.9 Å². The van der Waals surface area contributed by atoms with Crippen LogP contribution in [0.15, 0.2) is 30.3 Å². The van der Waals surface area contributed by atoms with Crippen LogP contribution in [0.5, 0.6) is 11.5 Å². The number of hydrogen-bond acceptors (Lipinski definition) is 7. The van der Waals surface area contributed by atoms with Crippen molar-refractivity contribution in [1.29, 1.82) is 0 Å². The molecule has 2 unspecified atom stereocenters. The topological polar surface area (TPSA) is 115 Å². The Hall–Kier alpha value is -3.62. The molecule has 2 aliphatic rings. The fourth-order valence-corrected chi connectivity index (χ4v) is 3.79. The molecule has 2 amide bonds. The van der Waals surface area contributed by atoms with Gasteiger partial charge in [-0.05, 0) is 58.0 Å². The first-order valence-corrected chi connectivity index (χ1v) is 9.93. The third-order valence-electron chi connectivity index (χ3n) is 5.54. The molecule has 1 aromatic carbocycles. The SMILES string of the molecule is CC1Oc2ccc(C(=O)C(C)N3C(=O)C(C)(C)Oc4ccc(N)nc43)cc2N(C)C1=O. The number of carbonyl (C=O) groups is 3. The van der Waals surface area contributed by atoms with Crippen LogP contribution in [-0.4, -0.2) is 47.4 Å². The first kappa shape index (κ1) is 20.6. The predicted molar refractivity (Wildman–Crippen MR) is 115 cm³/mol. The standard InChI is InChI=1S/C22H24N4O5/c1-11(26-19-16(8-9-17(23)24-19)31-22(3,4)21(26)29)18(27)13-6-7-15-14(10-13)25(5)20(28)12(2)30-15/h6-12H,1-5H3,(H2,23,24). The largest absolute Gasteiger partial charge is 0.479 e. The number of Topliss-reactive ketones (excluding diaryl/α,β-unsaturated/α-hetero) is 1. The summed E-state index contributed by atoms with van der Waals surface area (Å²) in [6.45, 7) is 6.57. The van der Waals surface area contributed by atoms with E-state index in [0.717, 1.165) is 0 Å². The van der Waals surface area contributed by atoms with Crippen molar-refractivity contribution < 1.29 is 23.9 Å². The molecule has 162 valence electrons. The second-order valence-electron chi connectivity index (χ2n) is 8.23. The first-order chi connectivity index (χ1) is 14.5. The summed E-state index contributed by atoms with van der Waals surface area (Å²) in [7, 11) is 1.63. The molecule has 2 aliphatic heterocycles. The van der Waals surface area contributed by atoms with Gasteiger partial charge < -0.3 is 20.1 Å². The zero-order chi connectivity index (χ0) is 22.7. The highest BCUT2D eigenvalue weighted by Gasteiger charge is 2.45. The lowest BCUT2D eigenvalue weighted by Crippen LogP contribution is -2.57. The second kappa shape index (κ2) is 6.97. The maximum absolute atomic E-state index is 13.4. The normalized spacial score (nSPS) is 20.4. The summed E-state index contributed by atoms with van der Waals surface area (Å²) in [5.41, 5.74) is 5.48. The Kier molecular flexibility index (Phi) is 4.64. The lowest BCUT2D eigenvalue weighted by molar-refractivity contribution is -0.133. The van der Waals surface area contributed by atoms with E-state index in [9.17, 15) is 14.4 Å². The minimum Gasteiger partial charge on any atom is -0.479 e. The number of benzene rings is 1. The van der Waals surface area contributed by atoms with E-state index in [1.165, 1.54) is 9.80 Å². The molecule has 0 aliphatic carbocycles. The molecular formula is C22H24N4O5. The summed E-state index contributed by atoms with van der Waals surface area (Å²) < 4.78 is 11.4. The molecule has 0 fully saturated rings. The van der Waals surface area contributed by atoms with Crippen molar-refractivity contribution in [3.63, 3.8) is 0 Å². The summed E-state index contributed by atoms with van der Waals surface area (Å²) in [6, 6.07) is 7.20. The molecule has 3 heterocycles. The first-order valence-electron chi connectivity index (χ1n) is 9.93. The van der Waals surface area contributed by atoms with E-state index in [-0.39, 0.29) is 23.3 Å². The average molecular weight is 424 g/mol. The van der Waals surface area contributed by atoms with Gasteiger partial charge in [-0.2, -0.15) is 0 Å². The smallest absolute Gasteiger partial charge is 0.272 e. The number of rotatable bonds is 3. The van der Waals surface area contributed by atoms with Crippen LogP contribution in [0.2, 0.25) is 0 Å². The number of likely N-dealkylation sites (N-methyl/N-ethyl adjacent to an activating group) is 1. The Morgan fingerprint density at radius 2 is 1.87 bits per heavy atom. The summed E-state index contributed by atoms with van der Waals surface area (Å²) in [5.74, 6) is 0.375. The quantitative estimate of drug-likeness (QED) is 0.751. The van der Waals surface area contributed by atoms with Crippen LogP contribution >= 0.6 is 0 Å². The second-order valence-corrected chi connectivity index (χ2v) is 8.23. The maximum atomic E-state index is 13.4. The van der Waals surface area contributed by atoms with E-state index >= 15 is 0 Å². The summed E-state index contributed by atoms with van der Waals surface area (Å²) >= 11 is 0. The van der Waals surface area contributed by atoms with Crippen molar-refractivity contribution in [2.75, 3.05) is 22.6 Å². The van der Waals surface area contributed by atoms with E-state index < -0.39 is 23.7 Å². The molecule has 2 atom stereocenters. The van der Waals surface area contributed by atoms with E-state index in [1.54, 1.807) is 65.1 Å². The Labute approximate surface area is 179 Å². The molecule has 0 radical (unpaired) electrons. The van der Waals surface area contributed by atoms with Crippen molar-refractivity contribution in [1.82, 2.24) is 4.98 Å². The number of carbonyl (C=O) groups excluding carboxylic acids is 3. The fraction of sp³-hybridized carbons (Fsp3) is 0.364. The number of nitrogens with zero attached hydrogens (tertiary/aromatic N) is 3. The number of amides is 2. The van der Waals surface area contributed by atoms with Crippen LogP contribution in [0.25, 0.3) is 0 Å². The van der Waals surface area contributed by atoms with Gasteiger partial charge in [0.05, 0.1) is 11.7 Å². The molecule has 9 heteroatoms. The maximum Gasteiger partial charge on any atom is 0.272 e. The van der Waals surface area contributed by atoms with Gasteiger partial charge in [0.2, 0.25) is 0 Å². The van der Waals surface area contributed by atoms with E-state index in [0.29, 0.717) is 22.7 Å². The number of aromatic nitrogens is 1. The molecule has 0 saturated carbocycles. The highest BCUT2D eigenvalue weighted by molar-refractivity contribution is 6.11. The highest BCUT2D eigenvalue weighted by atomic mass is 16.5. The van der Waals surface area contributed by atoms with Crippen LogP contribution in [0, 0.1) is 0 Å². The number of anilines is 3. The zero-order valence-electron chi connectivity index (χ0n) is 18.0. The van der Waals surface area contributed by atoms with Crippen molar-refractivity contribution in [3.8, 4) is 11.5 Å². The van der Waals surface area contributed by atoms with Gasteiger partial charge in [-0.3, -0.25) is 19.3 Å². The molecule has 2 N–H and O–H groups in total. The zero-order valence-corrected chi connectivity index (χ0v) is 18.0. The highest BCUT2D eigenvalue weighted by Crippen LogP contribution is 2.39. The summed E-state index contributed by atoms with van der Waals surface area (Å²) in [5, 5.41) is 0. The molecule has 0 bridgehead atoms. The van der Waals surface area contributed by atoms with Gasteiger partial charge in [0.1, 0.15) is 11.6 Å². The number of nitrogen functional groups attached to an aromatic ring is 1. The van der Waals surface area contributed by atoms with Gasteiger partial charge in [0, 0.05) is 12.6 Å². The van der Waals surface area contributed by atoms with Crippen molar-refractivity contribution in [2.45, 2.75) is 45.4 Å². The Balaban J connectivity index is 1.73. The molecule has 1 aromatic heterocycles. The lowest BCUT2D eigenvalue weighted by atomic mass is 9.98. The molecule has 0 spiro atoms. The lowest BCUT2D eigenvalue weighted by Gasteiger charge is -2.40. The number of hydrogen-bond donors (Lipinski definition) is 1. The molecule has 0 saturated heterocycles. The van der Waals surface area contributed by atoms with Gasteiger partial charge in [-0.25, -0.2) is 4.98 Å². The van der Waals surface area contributed by atoms with Crippen LogP contribution in [0.3, 0.4) is 0 Å². The summed E-state index contributed by atoms with van der Waals surface area (Å²) in [4.78, 5) is 45.8. The third-order valence-corrected chi connectivity index (χ3v) is 5.54. The van der Waals surface area contributed by atoms with Gasteiger partial charge in [-0.1, -0.05) is 0 Å². The van der Waals surface area contributed by atoms with Gasteiger partial charge >= 0.3 is 0 Å². The summed E-state index contributed by atoms with van der Waals surface area (Å²) in [6.07, 6.45) is -0.598. The average Bonchev–Trinajstić information content (AvgIpc) is 2.72. The molecule has 9 nitrogen and oxygen atoms in total. The predicted octanol–water partition coefficient (Wildman–Crippen LogP) is 2.18. The van der Waals surface area contributed by atoms with Crippen LogP contribution in [0.4, 0.5) is 17.3 Å². The Bertz CT molecular complexity index is 1110. The van der Waals surface area contributed by atoms with Crippen LogP contribution in [-0.2, 0) is 9.59 Å². The fourth-order valence-electron chi connectivity index (χ4n) is 3.79. The minimum absolute atomic E-state index is 0.201. The van der Waals surface area contributed by atoms with Crippen molar-refractivity contribution in [3.05, 3.63) is 35.9 Å². The number of ketones is 1. The third kappa shape index (κ3) is 3.26. The Morgan fingerprint density at radius 3 is 2.58 bits per heavy atom. The number of pyridine rings is 1. The Morgan fingerprint density at radius 1 is 1.19 bits per heavy atom. The van der Waals surface area contributed by atoms with E-state index in [1.807, 2.05) is 0 Å². The molecular weight excluding hydrogens is 400 g/mol. The van der Waals surface area contributed by atoms with Gasteiger partial charge in [0.25, 0.3) is 11.8 Å². The number of nitrogens with two attached hydrogens (primary N) is 1. The van der Waals surface area contributed by atoms with Crippen LogP contribution < -0.4 is 25.0 Å². The molecule has 31 heavy (non-hydrogen) atoms. The van der Waals surface area contributed by atoms with E-state index in [4.69, 9.17) is 15.2 Å². The van der Waals surface area contributed by atoms with Crippen LogP contribution in [0.1, 0.15) is 38.1 Å². The number of fused-ring (bicyclic) bond motifs is 2. The minimum atomic E-state index is -1.17. The van der Waals surface area contributed by atoms with Gasteiger partial charge in [-0.15, -0.1) is 0 Å². The van der Waals surface area contributed by atoms with Crippen molar-refractivity contribution in [2.24, 2.45) is 0 Å². The van der Waals surface area contributed by atoms with E-state index in [2.05, 4.69) is 4.98 Å². The molecule has 2 aromatic rings. The molecule has 4 rings (SSSR count).